The smallest absolute Gasteiger partial charge is 0.251 e. The number of hydrazine groups is 1. The van der Waals surface area contributed by atoms with Crippen molar-refractivity contribution in [2.45, 2.75) is 26.9 Å². The maximum atomic E-state index is 11.8. The van der Waals surface area contributed by atoms with Crippen molar-refractivity contribution >= 4 is 11.7 Å². The summed E-state index contributed by atoms with van der Waals surface area (Å²) in [4.78, 5) is 16.0. The lowest BCUT2D eigenvalue weighted by Gasteiger charge is -2.09. The normalized spacial score (nSPS) is 10.5. The van der Waals surface area contributed by atoms with Crippen LogP contribution in [0.5, 0.6) is 0 Å². The van der Waals surface area contributed by atoms with E-state index in [1.54, 1.807) is 19.1 Å². The average Bonchev–Trinajstić information content (AvgIpc) is 2.33. The van der Waals surface area contributed by atoms with Gasteiger partial charge in [0.1, 0.15) is 5.82 Å². The lowest BCUT2D eigenvalue weighted by Crippen LogP contribution is -2.28. The van der Waals surface area contributed by atoms with Gasteiger partial charge in [-0.3, -0.25) is 4.79 Å². The van der Waals surface area contributed by atoms with Gasteiger partial charge in [0.15, 0.2) is 0 Å². The summed E-state index contributed by atoms with van der Waals surface area (Å²) in [6.45, 7) is 6.68. The second-order valence-corrected chi connectivity index (χ2v) is 4.20. The number of nitrogen functional groups attached to an aromatic ring is 1. The number of nitrogens with two attached hydrogens (primary N) is 1. The number of nitrogens with one attached hydrogen (secondary N) is 2. The van der Waals surface area contributed by atoms with Crippen molar-refractivity contribution in [2.75, 3.05) is 18.6 Å². The zero-order valence-electron chi connectivity index (χ0n) is 11.0. The predicted molar refractivity (Wildman–Crippen MR) is 70.2 cm³/mol. The minimum atomic E-state index is -0.163. The standard InChI is InChI=1S/C12H20N4O2/c1-8(2)18-5-4-14-12(17)10-6-9(3)15-11(7-10)16-13/h6-8H,4-5,13H2,1-3H3,(H,14,17)(H,15,16). The molecule has 0 radical (unpaired) electrons. The Labute approximate surface area is 107 Å². The van der Waals surface area contributed by atoms with Gasteiger partial charge in [-0.25, -0.2) is 10.8 Å². The van der Waals surface area contributed by atoms with Crippen molar-refractivity contribution < 1.29 is 9.53 Å². The SMILES string of the molecule is Cc1cc(C(=O)NCCOC(C)C)cc(NN)n1. The lowest BCUT2D eigenvalue weighted by molar-refractivity contribution is 0.0746. The van der Waals surface area contributed by atoms with Gasteiger partial charge >= 0.3 is 0 Å². The number of pyridine rings is 1. The topological polar surface area (TPSA) is 89.3 Å². The third-order valence-electron chi connectivity index (χ3n) is 2.20. The van der Waals surface area contributed by atoms with Crippen LogP contribution in [0.25, 0.3) is 0 Å². The van der Waals surface area contributed by atoms with Gasteiger partial charge in [0, 0.05) is 17.8 Å². The highest BCUT2D eigenvalue weighted by Gasteiger charge is 2.07. The Balaban J connectivity index is 2.53. The number of hydrogen-bond acceptors (Lipinski definition) is 5. The van der Waals surface area contributed by atoms with E-state index in [-0.39, 0.29) is 12.0 Å². The number of carbonyl (C=O) groups excluding carboxylic acids is 1. The Morgan fingerprint density at radius 1 is 1.50 bits per heavy atom. The molecule has 0 aliphatic rings. The van der Waals surface area contributed by atoms with E-state index in [0.29, 0.717) is 24.5 Å². The first kappa shape index (κ1) is 14.4. The molecule has 1 aromatic rings. The van der Waals surface area contributed by atoms with E-state index >= 15 is 0 Å². The van der Waals surface area contributed by atoms with Crippen molar-refractivity contribution in [3.8, 4) is 0 Å². The molecular formula is C12H20N4O2. The monoisotopic (exact) mass is 252 g/mol. The van der Waals surface area contributed by atoms with Crippen molar-refractivity contribution in [3.05, 3.63) is 23.4 Å². The van der Waals surface area contributed by atoms with Gasteiger partial charge < -0.3 is 15.5 Å². The summed E-state index contributed by atoms with van der Waals surface area (Å²) >= 11 is 0. The molecular weight excluding hydrogens is 232 g/mol. The largest absolute Gasteiger partial charge is 0.377 e. The van der Waals surface area contributed by atoms with Crippen LogP contribution in [0, 0.1) is 6.92 Å². The molecule has 0 saturated carbocycles. The molecule has 4 N–H and O–H groups in total. The van der Waals surface area contributed by atoms with E-state index in [9.17, 15) is 4.79 Å². The highest BCUT2D eigenvalue weighted by atomic mass is 16.5. The summed E-state index contributed by atoms with van der Waals surface area (Å²) in [5.74, 6) is 5.59. The molecule has 6 nitrogen and oxygen atoms in total. The number of amides is 1. The average molecular weight is 252 g/mol. The Morgan fingerprint density at radius 3 is 2.83 bits per heavy atom. The Hall–Kier alpha value is -1.66. The van der Waals surface area contributed by atoms with E-state index in [2.05, 4.69) is 15.7 Å². The van der Waals surface area contributed by atoms with Gasteiger partial charge in [-0.05, 0) is 32.9 Å². The Bertz CT molecular complexity index is 407. The van der Waals surface area contributed by atoms with Gasteiger partial charge in [0.25, 0.3) is 5.91 Å². The van der Waals surface area contributed by atoms with Crippen LogP contribution in [0.4, 0.5) is 5.82 Å². The number of hydrogen-bond donors (Lipinski definition) is 3. The molecule has 0 atom stereocenters. The minimum Gasteiger partial charge on any atom is -0.377 e. The van der Waals surface area contributed by atoms with Crippen LogP contribution in [0.2, 0.25) is 0 Å². The van der Waals surface area contributed by atoms with E-state index in [4.69, 9.17) is 10.6 Å². The fourth-order valence-corrected chi connectivity index (χ4v) is 1.43. The van der Waals surface area contributed by atoms with Gasteiger partial charge in [-0.1, -0.05) is 0 Å². The number of aromatic nitrogens is 1. The highest BCUT2D eigenvalue weighted by Crippen LogP contribution is 2.08. The summed E-state index contributed by atoms with van der Waals surface area (Å²) in [6, 6.07) is 3.31. The summed E-state index contributed by atoms with van der Waals surface area (Å²) in [6.07, 6.45) is 0.165. The van der Waals surface area contributed by atoms with Gasteiger partial charge in [0.2, 0.25) is 0 Å². The minimum absolute atomic E-state index is 0.163. The molecule has 0 aliphatic heterocycles. The molecule has 0 fully saturated rings. The predicted octanol–water partition coefficient (Wildman–Crippen LogP) is 0.830. The third-order valence-corrected chi connectivity index (χ3v) is 2.20. The van der Waals surface area contributed by atoms with Gasteiger partial charge in [0.05, 0.1) is 12.7 Å². The zero-order valence-corrected chi connectivity index (χ0v) is 11.0. The first-order valence-corrected chi connectivity index (χ1v) is 5.88. The third kappa shape index (κ3) is 4.68. The fourth-order valence-electron chi connectivity index (χ4n) is 1.43. The van der Waals surface area contributed by atoms with E-state index in [0.717, 1.165) is 5.69 Å². The molecule has 0 saturated heterocycles. The first-order valence-electron chi connectivity index (χ1n) is 5.88. The molecule has 1 aromatic heterocycles. The lowest BCUT2D eigenvalue weighted by atomic mass is 10.2. The van der Waals surface area contributed by atoms with Crippen LogP contribution in [0.3, 0.4) is 0 Å². The van der Waals surface area contributed by atoms with Crippen LogP contribution >= 0.6 is 0 Å². The molecule has 100 valence electrons. The van der Waals surface area contributed by atoms with Crippen LogP contribution in [0.15, 0.2) is 12.1 Å². The van der Waals surface area contributed by atoms with Gasteiger partial charge in [-0.15, -0.1) is 0 Å². The quantitative estimate of drug-likeness (QED) is 0.396. The molecule has 0 aromatic carbocycles. The summed E-state index contributed by atoms with van der Waals surface area (Å²) < 4.78 is 5.34. The molecule has 6 heteroatoms. The number of anilines is 1. The van der Waals surface area contributed by atoms with Crippen LogP contribution in [-0.2, 0) is 4.74 Å². The molecule has 0 aliphatic carbocycles. The number of nitrogens with zero attached hydrogens (tertiary/aromatic N) is 1. The van der Waals surface area contributed by atoms with Crippen LogP contribution in [-0.4, -0.2) is 30.1 Å². The maximum Gasteiger partial charge on any atom is 0.251 e. The summed E-state index contributed by atoms with van der Waals surface area (Å²) in [7, 11) is 0. The molecule has 1 amide bonds. The number of rotatable bonds is 6. The molecule has 1 heterocycles. The summed E-state index contributed by atoms with van der Waals surface area (Å²) in [5, 5.41) is 2.77. The molecule has 18 heavy (non-hydrogen) atoms. The van der Waals surface area contributed by atoms with Gasteiger partial charge in [-0.2, -0.15) is 0 Å². The Morgan fingerprint density at radius 2 is 2.22 bits per heavy atom. The summed E-state index contributed by atoms with van der Waals surface area (Å²) in [5.41, 5.74) is 3.69. The van der Waals surface area contributed by atoms with Crippen LogP contribution in [0.1, 0.15) is 29.9 Å². The molecule has 0 unspecified atom stereocenters. The second kappa shape index (κ2) is 6.93. The highest BCUT2D eigenvalue weighted by molar-refractivity contribution is 5.94. The van der Waals surface area contributed by atoms with Crippen LogP contribution < -0.4 is 16.6 Å². The van der Waals surface area contributed by atoms with E-state index in [1.165, 1.54) is 0 Å². The Kier molecular flexibility index (Phi) is 5.54. The second-order valence-electron chi connectivity index (χ2n) is 4.20. The first-order chi connectivity index (χ1) is 8.52. The molecule has 0 spiro atoms. The number of ether oxygens (including phenoxy) is 1. The van der Waals surface area contributed by atoms with Crippen molar-refractivity contribution in [1.29, 1.82) is 0 Å². The maximum absolute atomic E-state index is 11.8. The fraction of sp³-hybridized carbons (Fsp3) is 0.500. The van der Waals surface area contributed by atoms with E-state index < -0.39 is 0 Å². The van der Waals surface area contributed by atoms with Crippen molar-refractivity contribution in [1.82, 2.24) is 10.3 Å². The zero-order chi connectivity index (χ0) is 13.5. The van der Waals surface area contributed by atoms with Crippen molar-refractivity contribution in [2.24, 2.45) is 5.84 Å². The van der Waals surface area contributed by atoms with E-state index in [1.807, 2.05) is 13.8 Å². The molecule has 0 bridgehead atoms. The number of carbonyl (C=O) groups is 1. The number of aryl methyl sites for hydroxylation is 1. The van der Waals surface area contributed by atoms with Crippen molar-refractivity contribution in [3.63, 3.8) is 0 Å². The molecule has 1 rings (SSSR count).